The molecule has 152 valence electrons. The van der Waals surface area contributed by atoms with E-state index in [1.54, 1.807) is 19.1 Å². The van der Waals surface area contributed by atoms with E-state index in [0.717, 1.165) is 4.90 Å². The average molecular weight is 417 g/mol. The van der Waals surface area contributed by atoms with Gasteiger partial charge in [0.1, 0.15) is 11.9 Å². The molecule has 0 spiro atoms. The summed E-state index contributed by atoms with van der Waals surface area (Å²) >= 11 is 0. The van der Waals surface area contributed by atoms with Crippen molar-refractivity contribution in [3.8, 4) is 6.07 Å². The predicted octanol–water partition coefficient (Wildman–Crippen LogP) is 0.614. The minimum absolute atomic E-state index is 0.00745. The molecule has 1 atom stereocenters. The Bertz CT molecular complexity index is 1030. The molecule has 2 aromatic rings. The Morgan fingerprint density at radius 2 is 1.79 bits per heavy atom. The van der Waals surface area contributed by atoms with Gasteiger partial charge >= 0.3 is 0 Å². The lowest BCUT2D eigenvalue weighted by atomic mass is 10.2. The number of hydrogen-bond donors (Lipinski definition) is 2. The quantitative estimate of drug-likeness (QED) is 0.746. The van der Waals surface area contributed by atoms with Gasteiger partial charge in [0.25, 0.3) is 5.91 Å². The number of halogens is 1. The number of hydrogen-bond acceptors (Lipinski definition) is 4. The second-order valence-corrected chi connectivity index (χ2v) is 8.79. The van der Waals surface area contributed by atoms with Crippen LogP contribution in [0.5, 0.6) is 0 Å². The van der Waals surface area contributed by atoms with Crippen molar-refractivity contribution >= 4 is 21.6 Å². The lowest BCUT2D eigenvalue weighted by Gasteiger charge is -2.34. The molecule has 0 aromatic heterocycles. The van der Waals surface area contributed by atoms with Gasteiger partial charge in [0, 0.05) is 5.69 Å². The van der Waals surface area contributed by atoms with Crippen LogP contribution >= 0.6 is 0 Å². The van der Waals surface area contributed by atoms with Crippen LogP contribution in [0.15, 0.2) is 53.4 Å². The fourth-order valence-electron chi connectivity index (χ4n) is 3.34. The summed E-state index contributed by atoms with van der Waals surface area (Å²) in [6, 6.07) is 13.2. The average Bonchev–Trinajstić information content (AvgIpc) is 2.74. The summed E-state index contributed by atoms with van der Waals surface area (Å²) in [5, 5.41) is 11.9. The molecule has 0 aliphatic carbocycles. The molecule has 0 radical (unpaired) electrons. The van der Waals surface area contributed by atoms with Gasteiger partial charge in [-0.05, 0) is 43.3 Å². The van der Waals surface area contributed by atoms with Crippen LogP contribution in [0.25, 0.3) is 0 Å². The molecule has 2 aromatic carbocycles. The van der Waals surface area contributed by atoms with Crippen molar-refractivity contribution in [1.82, 2.24) is 4.31 Å². The molecule has 9 heteroatoms. The maximum Gasteiger partial charge on any atom is 0.282 e. The zero-order valence-corrected chi connectivity index (χ0v) is 16.7. The molecule has 0 unspecified atom stereocenters. The summed E-state index contributed by atoms with van der Waals surface area (Å²) in [6.07, 6.45) is 0. The van der Waals surface area contributed by atoms with Crippen LogP contribution in [0.1, 0.15) is 12.5 Å². The Hall–Kier alpha value is -2.80. The van der Waals surface area contributed by atoms with E-state index in [1.807, 2.05) is 6.07 Å². The topological polar surface area (TPSA) is 94.7 Å². The minimum Gasteiger partial charge on any atom is -0.323 e. The van der Waals surface area contributed by atoms with Gasteiger partial charge in [-0.2, -0.15) is 9.57 Å². The number of nitrogens with one attached hydrogen (secondary N) is 2. The van der Waals surface area contributed by atoms with Crippen LogP contribution in [0, 0.1) is 17.1 Å². The number of rotatable bonds is 5. The summed E-state index contributed by atoms with van der Waals surface area (Å²) in [5.41, 5.74) is 0.631. The summed E-state index contributed by atoms with van der Waals surface area (Å²) in [5.74, 6) is -0.588. The first-order chi connectivity index (χ1) is 13.8. The van der Waals surface area contributed by atoms with E-state index in [0.29, 0.717) is 18.8 Å². The zero-order chi connectivity index (χ0) is 21.0. The largest absolute Gasteiger partial charge is 0.323 e. The van der Waals surface area contributed by atoms with Crippen molar-refractivity contribution in [2.75, 3.05) is 31.5 Å². The van der Waals surface area contributed by atoms with E-state index < -0.39 is 16.1 Å². The Morgan fingerprint density at radius 1 is 1.17 bits per heavy atom. The van der Waals surface area contributed by atoms with Gasteiger partial charge < -0.3 is 10.2 Å². The standard InChI is InChI=1S/C20H21FN4O3S/c1-15(20(26)23-18-8-6-17(21)7-9-18)24-10-12-25(13-11-24)29(27,28)19-5-3-2-4-16(19)14-22/h2-9,15H,10-13H2,1H3,(H,23,26)/p+1/t15-/m1/s1. The normalized spacial score (nSPS) is 16.7. The number of sulfonamides is 1. The van der Waals surface area contributed by atoms with E-state index >= 15 is 0 Å². The van der Waals surface area contributed by atoms with E-state index in [-0.39, 0.29) is 35.3 Å². The molecule has 1 saturated heterocycles. The number of amides is 1. The van der Waals surface area contributed by atoms with Crippen LogP contribution in [0.2, 0.25) is 0 Å². The van der Waals surface area contributed by atoms with Crippen LogP contribution in [-0.2, 0) is 14.8 Å². The van der Waals surface area contributed by atoms with Crippen LogP contribution in [0.4, 0.5) is 10.1 Å². The van der Waals surface area contributed by atoms with Crippen molar-refractivity contribution in [3.63, 3.8) is 0 Å². The Labute approximate surface area is 169 Å². The number of quaternary nitrogens is 1. The molecule has 3 rings (SSSR count). The van der Waals surface area contributed by atoms with Crippen LogP contribution in [-0.4, -0.2) is 50.9 Å². The fraction of sp³-hybridized carbons (Fsp3) is 0.300. The van der Waals surface area contributed by atoms with Gasteiger partial charge in [-0.25, -0.2) is 12.8 Å². The van der Waals surface area contributed by atoms with E-state index in [4.69, 9.17) is 0 Å². The van der Waals surface area contributed by atoms with Crippen LogP contribution in [0.3, 0.4) is 0 Å². The second kappa shape index (κ2) is 8.69. The van der Waals surface area contributed by atoms with E-state index in [2.05, 4.69) is 5.32 Å². The van der Waals surface area contributed by atoms with Crippen molar-refractivity contribution in [3.05, 3.63) is 59.9 Å². The van der Waals surface area contributed by atoms with Crippen LogP contribution < -0.4 is 10.2 Å². The third kappa shape index (κ3) is 4.62. The molecule has 0 bridgehead atoms. The number of nitriles is 1. The summed E-state index contributed by atoms with van der Waals surface area (Å²) in [7, 11) is -3.77. The molecule has 1 amide bonds. The maximum atomic E-state index is 13.0. The molecule has 7 nitrogen and oxygen atoms in total. The zero-order valence-electron chi connectivity index (χ0n) is 15.9. The third-order valence-corrected chi connectivity index (χ3v) is 7.06. The van der Waals surface area contributed by atoms with Crippen molar-refractivity contribution in [2.45, 2.75) is 17.9 Å². The van der Waals surface area contributed by atoms with E-state index in [1.165, 1.54) is 40.7 Å². The van der Waals surface area contributed by atoms with Gasteiger partial charge in [-0.3, -0.25) is 4.79 Å². The molecular formula is C20H22FN4O3S+. The highest BCUT2D eigenvalue weighted by atomic mass is 32.2. The summed E-state index contributed by atoms with van der Waals surface area (Å²) in [4.78, 5) is 13.5. The molecule has 1 aliphatic heterocycles. The third-order valence-electron chi connectivity index (χ3n) is 5.11. The first-order valence-corrected chi connectivity index (χ1v) is 10.7. The molecule has 2 N–H and O–H groups in total. The van der Waals surface area contributed by atoms with E-state index in [9.17, 15) is 22.9 Å². The second-order valence-electron chi connectivity index (χ2n) is 6.89. The Morgan fingerprint density at radius 3 is 2.41 bits per heavy atom. The Kier molecular flexibility index (Phi) is 6.27. The van der Waals surface area contributed by atoms with Gasteiger partial charge in [0.15, 0.2) is 6.04 Å². The molecule has 1 heterocycles. The van der Waals surface area contributed by atoms with Crippen molar-refractivity contribution in [1.29, 1.82) is 5.26 Å². The molecule has 29 heavy (non-hydrogen) atoms. The van der Waals surface area contributed by atoms with Crippen molar-refractivity contribution in [2.24, 2.45) is 0 Å². The molecule has 1 aliphatic rings. The number of benzene rings is 2. The lowest BCUT2D eigenvalue weighted by Crippen LogP contribution is -3.19. The highest BCUT2D eigenvalue weighted by Gasteiger charge is 2.35. The smallest absolute Gasteiger partial charge is 0.282 e. The maximum absolute atomic E-state index is 13.0. The van der Waals surface area contributed by atoms with Gasteiger partial charge in [0.2, 0.25) is 10.0 Å². The minimum atomic E-state index is -3.77. The SMILES string of the molecule is C[C@H](C(=O)Nc1ccc(F)cc1)[NH+]1CCN(S(=O)(=O)c2ccccc2C#N)CC1. The molecule has 0 saturated carbocycles. The monoisotopic (exact) mass is 417 g/mol. The summed E-state index contributed by atoms with van der Waals surface area (Å²) in [6.45, 7) is 3.22. The number of carbonyl (C=O) groups excluding carboxylic acids is 1. The van der Waals surface area contributed by atoms with Gasteiger partial charge in [-0.15, -0.1) is 0 Å². The summed E-state index contributed by atoms with van der Waals surface area (Å²) < 4.78 is 40.2. The highest BCUT2D eigenvalue weighted by Crippen LogP contribution is 2.19. The lowest BCUT2D eigenvalue weighted by molar-refractivity contribution is -0.917. The molecule has 1 fully saturated rings. The first kappa shape index (κ1) is 20.9. The first-order valence-electron chi connectivity index (χ1n) is 9.23. The Balaban J connectivity index is 1.63. The fourth-order valence-corrected chi connectivity index (χ4v) is 4.92. The number of anilines is 1. The molecular weight excluding hydrogens is 395 g/mol. The number of piperazine rings is 1. The van der Waals surface area contributed by atoms with Gasteiger partial charge in [-0.1, -0.05) is 12.1 Å². The van der Waals surface area contributed by atoms with Gasteiger partial charge in [0.05, 0.1) is 36.6 Å². The predicted molar refractivity (Wildman–Crippen MR) is 105 cm³/mol. The number of nitrogens with zero attached hydrogens (tertiary/aromatic N) is 2. The number of carbonyl (C=O) groups is 1. The highest BCUT2D eigenvalue weighted by molar-refractivity contribution is 7.89. The van der Waals surface area contributed by atoms with Crippen molar-refractivity contribution < 1.29 is 22.5 Å².